The first-order valence-corrected chi connectivity index (χ1v) is 24.4. The minimum Gasteiger partial charge on any atom is -0.376 e. The van der Waals surface area contributed by atoms with Crippen molar-refractivity contribution in [1.82, 2.24) is 19.8 Å². The zero-order valence-corrected chi connectivity index (χ0v) is 38.0. The molecule has 8 rings (SSSR count). The quantitative estimate of drug-likeness (QED) is 0.0546. The number of nitro benzene ring substituents is 1. The number of hydrogen-bond donors (Lipinski definition) is 2. The minimum absolute atomic E-state index is 0.0970. The average Bonchev–Trinajstić information content (AvgIpc) is 3.29. The number of fused-ring (bicyclic) bond motifs is 1. The van der Waals surface area contributed by atoms with Gasteiger partial charge in [-0.1, -0.05) is 72.6 Å². The van der Waals surface area contributed by atoms with Crippen molar-refractivity contribution < 1.29 is 13.3 Å². The first kappa shape index (κ1) is 44.4. The van der Waals surface area contributed by atoms with Crippen molar-refractivity contribution in [1.29, 1.82) is 0 Å². The summed E-state index contributed by atoms with van der Waals surface area (Å²) in [6.45, 7) is 9.58. The van der Waals surface area contributed by atoms with Gasteiger partial charge in [-0.05, 0) is 104 Å². The van der Waals surface area contributed by atoms with E-state index in [0.29, 0.717) is 33.8 Å². The summed E-state index contributed by atoms with van der Waals surface area (Å²) in [6, 6.07) is 37.1. The van der Waals surface area contributed by atoms with Crippen molar-refractivity contribution in [2.24, 2.45) is 0 Å². The lowest BCUT2D eigenvalue weighted by atomic mass is 9.97. The van der Waals surface area contributed by atoms with Gasteiger partial charge in [-0.25, -0.2) is 18.4 Å². The van der Waals surface area contributed by atoms with E-state index < -0.39 is 14.9 Å². The van der Waals surface area contributed by atoms with Crippen LogP contribution in [0.1, 0.15) is 45.1 Å². The molecule has 328 valence electrons. The number of hydrogen-bond acceptors (Lipinski definition) is 11. The van der Waals surface area contributed by atoms with Crippen molar-refractivity contribution in [2.75, 3.05) is 53.4 Å². The molecule has 12 nitrogen and oxygen atoms in total. The highest BCUT2D eigenvalue weighted by Crippen LogP contribution is 2.33. The lowest BCUT2D eigenvalue weighted by molar-refractivity contribution is -0.384. The normalized spacial score (nSPS) is 18.0. The van der Waals surface area contributed by atoms with E-state index in [0.717, 1.165) is 80.7 Å². The fourth-order valence-electron chi connectivity index (χ4n) is 8.79. The summed E-state index contributed by atoms with van der Waals surface area (Å²) in [5, 5.41) is 17.2. The Balaban J connectivity index is 0.941. The molecule has 0 bridgehead atoms. The molecule has 0 saturated carbocycles. The van der Waals surface area contributed by atoms with E-state index in [-0.39, 0.29) is 28.1 Å². The molecule has 1 aromatic heterocycles. The monoisotopic (exact) mass is 904 g/mol. The summed E-state index contributed by atoms with van der Waals surface area (Å²) in [7, 11) is -4.28. The van der Waals surface area contributed by atoms with E-state index in [1.165, 1.54) is 36.0 Å². The van der Waals surface area contributed by atoms with Crippen molar-refractivity contribution in [2.45, 2.75) is 74.0 Å². The van der Waals surface area contributed by atoms with Crippen LogP contribution in [0.25, 0.3) is 22.0 Å². The van der Waals surface area contributed by atoms with Gasteiger partial charge in [-0.3, -0.25) is 24.6 Å². The van der Waals surface area contributed by atoms with E-state index in [2.05, 4.69) is 97.1 Å². The van der Waals surface area contributed by atoms with Crippen molar-refractivity contribution in [3.8, 4) is 11.1 Å². The predicted molar refractivity (Wildman–Crippen MR) is 256 cm³/mol. The van der Waals surface area contributed by atoms with Crippen LogP contribution in [0, 0.1) is 10.1 Å². The number of benzene rings is 5. The van der Waals surface area contributed by atoms with E-state index in [4.69, 9.17) is 11.6 Å². The molecule has 5 aromatic carbocycles. The maximum atomic E-state index is 13.9. The second-order valence-electron chi connectivity index (χ2n) is 16.5. The fraction of sp³-hybridized carbons (Fsp3) is 0.333. The number of nitrogens with zero attached hydrogens (tertiary/aromatic N) is 6. The highest BCUT2D eigenvalue weighted by atomic mass is 35.5. The van der Waals surface area contributed by atoms with Crippen LogP contribution in [0.15, 0.2) is 131 Å². The van der Waals surface area contributed by atoms with Crippen LogP contribution in [-0.2, 0) is 16.6 Å². The molecule has 63 heavy (non-hydrogen) atoms. The van der Waals surface area contributed by atoms with Gasteiger partial charge < -0.3 is 10.2 Å². The van der Waals surface area contributed by atoms with Gasteiger partial charge >= 0.3 is 0 Å². The number of piperazine rings is 1. The molecule has 0 amide bonds. The van der Waals surface area contributed by atoms with Gasteiger partial charge in [-0.15, -0.1) is 11.8 Å². The Kier molecular flexibility index (Phi) is 14.1. The summed E-state index contributed by atoms with van der Waals surface area (Å²) >= 11 is 7.85. The van der Waals surface area contributed by atoms with E-state index >= 15 is 0 Å². The number of halogens is 1. The van der Waals surface area contributed by atoms with Crippen LogP contribution in [0.4, 0.5) is 22.9 Å². The van der Waals surface area contributed by atoms with Crippen LogP contribution in [-0.4, -0.2) is 89.7 Å². The summed E-state index contributed by atoms with van der Waals surface area (Å²) in [6.07, 6.45) is 5.63. The Hall–Kier alpha value is -5.25. The van der Waals surface area contributed by atoms with Gasteiger partial charge in [0.05, 0.1) is 15.3 Å². The highest BCUT2D eigenvalue weighted by molar-refractivity contribution is 7.99. The number of thioether (sulfide) groups is 1. The summed E-state index contributed by atoms with van der Waals surface area (Å²) in [4.78, 5) is 29.0. The molecule has 3 atom stereocenters. The molecular formula is C48H53ClN8O4S2. The van der Waals surface area contributed by atoms with Crippen molar-refractivity contribution in [3.05, 3.63) is 142 Å². The largest absolute Gasteiger partial charge is 0.376 e. The van der Waals surface area contributed by atoms with Crippen LogP contribution in [0.2, 0.25) is 5.02 Å². The molecule has 15 heteroatoms. The minimum atomic E-state index is -4.28. The van der Waals surface area contributed by atoms with Gasteiger partial charge in [0.25, 0.3) is 15.7 Å². The molecule has 2 N–H and O–H groups in total. The molecule has 0 unspecified atom stereocenters. The number of piperidine rings is 1. The van der Waals surface area contributed by atoms with Gasteiger partial charge in [0, 0.05) is 90.2 Å². The Bertz CT molecular complexity index is 2620. The average molecular weight is 906 g/mol. The number of likely N-dealkylation sites (tertiary alicyclic amines) is 1. The van der Waals surface area contributed by atoms with Gasteiger partial charge in [-0.2, -0.15) is 0 Å². The molecule has 0 aliphatic carbocycles. The van der Waals surface area contributed by atoms with Crippen LogP contribution >= 0.6 is 23.4 Å². The zero-order chi connectivity index (χ0) is 43.9. The third-order valence-corrected chi connectivity index (χ3v) is 15.1. The van der Waals surface area contributed by atoms with Crippen molar-refractivity contribution >= 4 is 67.2 Å². The molecular weight excluding hydrogens is 852 g/mol. The van der Waals surface area contributed by atoms with Gasteiger partial charge in [0.1, 0.15) is 12.0 Å². The van der Waals surface area contributed by atoms with E-state index in [9.17, 15) is 18.5 Å². The molecule has 3 heterocycles. The lowest BCUT2D eigenvalue weighted by Crippen LogP contribution is -2.46. The number of anilines is 3. The number of nitro groups is 1. The first-order valence-electron chi connectivity index (χ1n) is 21.6. The maximum absolute atomic E-state index is 13.9. The predicted octanol–water partition coefficient (Wildman–Crippen LogP) is 10.2. The second kappa shape index (κ2) is 20.1. The van der Waals surface area contributed by atoms with Crippen LogP contribution in [0.3, 0.4) is 0 Å². The standard InChI is InChI=1S/C48H53ClN8O4S2/c1-34-9-8-10-35(2)56(34)24-23-39(32-62-41-12-4-3-5-13-41)52-45-22-20-42(30-47(45)57(58)59)63(60,61)53-48-44-21-19-40(29-46(44)50-33-51-48)55-27-25-54(26-28-55)31-37-11-6-7-14-43(37)36-15-17-38(49)18-16-36/h3-7,11-22,29-30,33-35,39,52H,8-10,23-28,31-32H2,1-2H3,(H,50,51,53)/t34-,35+,39-/m1/s1. The van der Waals surface area contributed by atoms with E-state index in [1.54, 1.807) is 11.8 Å². The SMILES string of the molecule is C[C@@H]1CCC[C@H](C)N1CC[C@H](CSc1ccccc1)Nc1ccc(S(=O)(=O)Nc2ncnc3cc(N4CCN(Cc5ccccc5-c5ccc(Cl)cc5)CC4)ccc23)cc1[N+](=O)[O-]. The van der Waals surface area contributed by atoms with Crippen molar-refractivity contribution in [3.63, 3.8) is 0 Å². The third kappa shape index (κ3) is 10.9. The summed E-state index contributed by atoms with van der Waals surface area (Å²) in [5.74, 6) is 0.776. The Morgan fingerprint density at radius 1 is 0.873 bits per heavy atom. The Morgan fingerprint density at radius 2 is 1.60 bits per heavy atom. The van der Waals surface area contributed by atoms with Gasteiger partial charge in [0.2, 0.25) is 0 Å². The summed E-state index contributed by atoms with van der Waals surface area (Å²) in [5.41, 5.74) is 5.13. The number of nitrogens with one attached hydrogen (secondary N) is 2. The van der Waals surface area contributed by atoms with Crippen LogP contribution < -0.4 is 14.9 Å². The zero-order valence-electron chi connectivity index (χ0n) is 35.6. The molecule has 0 radical (unpaired) electrons. The molecule has 2 aliphatic rings. The lowest BCUT2D eigenvalue weighted by Gasteiger charge is -2.39. The molecule has 2 fully saturated rings. The Labute approximate surface area is 379 Å². The topological polar surface area (TPSA) is 137 Å². The third-order valence-electron chi connectivity index (χ3n) is 12.3. The molecule has 6 aromatic rings. The molecule has 2 aliphatic heterocycles. The number of aromatic nitrogens is 2. The maximum Gasteiger partial charge on any atom is 0.293 e. The molecule has 0 spiro atoms. The summed E-state index contributed by atoms with van der Waals surface area (Å²) < 4.78 is 30.4. The Morgan fingerprint density at radius 3 is 2.35 bits per heavy atom. The first-order chi connectivity index (χ1) is 30.5. The molecule has 2 saturated heterocycles. The second-order valence-corrected chi connectivity index (χ2v) is 19.7. The van der Waals surface area contributed by atoms with Crippen LogP contribution in [0.5, 0.6) is 0 Å². The smallest absolute Gasteiger partial charge is 0.293 e. The number of sulfonamides is 1. The highest BCUT2D eigenvalue weighted by Gasteiger charge is 2.28. The van der Waals surface area contributed by atoms with Gasteiger partial charge in [0.15, 0.2) is 5.82 Å². The van der Waals surface area contributed by atoms with E-state index in [1.807, 2.05) is 48.5 Å². The fourth-order valence-corrected chi connectivity index (χ4v) is 11.0. The number of rotatable bonds is 16.